The van der Waals surface area contributed by atoms with Crippen LogP contribution in [0.3, 0.4) is 0 Å². The zero-order chi connectivity index (χ0) is 26.7. The van der Waals surface area contributed by atoms with Crippen LogP contribution in [0.15, 0.2) is 83.4 Å². The summed E-state index contributed by atoms with van der Waals surface area (Å²) in [5.41, 5.74) is 4.73. The molecule has 1 amide bonds. The van der Waals surface area contributed by atoms with Gasteiger partial charge in [0.2, 0.25) is 0 Å². The van der Waals surface area contributed by atoms with Gasteiger partial charge in [-0.05, 0) is 48.9 Å². The highest BCUT2D eigenvalue weighted by molar-refractivity contribution is 5.91. The highest BCUT2D eigenvalue weighted by atomic mass is 16.6. The van der Waals surface area contributed by atoms with Gasteiger partial charge in [0, 0.05) is 5.56 Å². The number of carbonyl (C=O) groups excluding carboxylic acids is 1. The summed E-state index contributed by atoms with van der Waals surface area (Å²) in [6.07, 6.45) is 2.25. The molecule has 4 aromatic rings. The van der Waals surface area contributed by atoms with E-state index in [0.717, 1.165) is 40.7 Å². The van der Waals surface area contributed by atoms with E-state index in [1.807, 2.05) is 85.8 Å². The molecule has 1 fully saturated rings. The van der Waals surface area contributed by atoms with Crippen LogP contribution in [0.4, 0.5) is 10.5 Å². The topological polar surface area (TPSA) is 102 Å². The molecule has 1 aliphatic carbocycles. The van der Waals surface area contributed by atoms with Crippen molar-refractivity contribution in [3.63, 3.8) is 0 Å². The monoisotopic (exact) mass is 510 g/mol. The van der Waals surface area contributed by atoms with Crippen molar-refractivity contribution in [1.29, 1.82) is 0 Å². The lowest BCUT2D eigenvalue weighted by Crippen LogP contribution is -2.32. The molecule has 7 nitrogen and oxygen atoms in total. The summed E-state index contributed by atoms with van der Waals surface area (Å²) in [5.74, 6) is -0.296. The predicted octanol–water partition coefficient (Wildman–Crippen LogP) is 7.52. The number of ether oxygens (including phenoxy) is 1. The number of benzene rings is 3. The minimum atomic E-state index is -0.768. The molecule has 0 bridgehead atoms. The van der Waals surface area contributed by atoms with E-state index in [1.54, 1.807) is 6.92 Å². The van der Waals surface area contributed by atoms with Crippen molar-refractivity contribution in [2.75, 3.05) is 5.32 Å². The Labute approximate surface area is 221 Å². The van der Waals surface area contributed by atoms with Crippen molar-refractivity contribution in [1.82, 2.24) is 5.16 Å². The summed E-state index contributed by atoms with van der Waals surface area (Å²) in [7, 11) is 0. The van der Waals surface area contributed by atoms with Crippen molar-refractivity contribution in [2.24, 2.45) is 0 Å². The molecule has 1 heterocycles. The van der Waals surface area contributed by atoms with Gasteiger partial charge < -0.3 is 14.4 Å². The molecule has 1 atom stereocenters. The number of amides is 1. The number of hydrogen-bond donors (Lipinski definition) is 2. The Morgan fingerprint density at radius 1 is 0.921 bits per heavy atom. The number of hydrogen-bond acceptors (Lipinski definition) is 5. The molecule has 1 aromatic heterocycles. The number of rotatable bonds is 7. The Hall–Kier alpha value is -4.39. The van der Waals surface area contributed by atoms with Gasteiger partial charge in [-0.2, -0.15) is 0 Å². The van der Waals surface area contributed by atoms with Crippen molar-refractivity contribution in [3.05, 3.63) is 95.7 Å². The average Bonchev–Trinajstić information content (AvgIpc) is 3.58. The molecule has 7 heteroatoms. The van der Waals surface area contributed by atoms with Crippen molar-refractivity contribution < 1.29 is 24.0 Å². The number of nitrogens with one attached hydrogen (secondary N) is 1. The van der Waals surface area contributed by atoms with E-state index in [4.69, 9.17) is 9.26 Å². The van der Waals surface area contributed by atoms with Gasteiger partial charge in [0.15, 0.2) is 5.76 Å². The van der Waals surface area contributed by atoms with Crippen molar-refractivity contribution >= 4 is 17.7 Å². The Bertz CT molecular complexity index is 1420. The second-order valence-electron chi connectivity index (χ2n) is 9.80. The molecule has 1 unspecified atom stereocenters. The molecule has 2 N–H and O–H groups in total. The molecule has 5 rings (SSSR count). The fourth-order valence-electron chi connectivity index (χ4n) is 5.20. The van der Waals surface area contributed by atoms with Gasteiger partial charge in [0.1, 0.15) is 17.5 Å². The zero-order valence-corrected chi connectivity index (χ0v) is 21.4. The number of carboxylic acid groups (broad SMARTS) is 1. The highest BCUT2D eigenvalue weighted by Crippen LogP contribution is 2.42. The van der Waals surface area contributed by atoms with Crippen LogP contribution in [-0.2, 0) is 14.9 Å². The van der Waals surface area contributed by atoms with E-state index in [1.165, 1.54) is 0 Å². The molecular formula is C31H30N2O5. The molecule has 0 spiro atoms. The van der Waals surface area contributed by atoms with Crippen LogP contribution in [-0.4, -0.2) is 22.3 Å². The second kappa shape index (κ2) is 10.5. The van der Waals surface area contributed by atoms with Gasteiger partial charge in [-0.3, -0.25) is 10.1 Å². The van der Waals surface area contributed by atoms with Crippen molar-refractivity contribution in [2.45, 2.75) is 51.0 Å². The second-order valence-corrected chi connectivity index (χ2v) is 9.80. The Morgan fingerprint density at radius 3 is 2.11 bits per heavy atom. The maximum absolute atomic E-state index is 12.6. The molecule has 38 heavy (non-hydrogen) atoms. The molecule has 3 aromatic carbocycles. The first kappa shape index (κ1) is 25.3. The van der Waals surface area contributed by atoms with Crippen LogP contribution in [0.1, 0.15) is 55.5 Å². The van der Waals surface area contributed by atoms with Crippen LogP contribution in [0.5, 0.6) is 0 Å². The molecule has 1 aliphatic rings. The van der Waals surface area contributed by atoms with Crippen LogP contribution >= 0.6 is 0 Å². The summed E-state index contributed by atoms with van der Waals surface area (Å²) < 4.78 is 11.1. The molecular weight excluding hydrogens is 480 g/mol. The van der Waals surface area contributed by atoms with Crippen LogP contribution in [0, 0.1) is 6.92 Å². The third kappa shape index (κ3) is 4.92. The van der Waals surface area contributed by atoms with E-state index >= 15 is 0 Å². The number of aliphatic carboxylic acids is 1. The Balaban J connectivity index is 1.31. The summed E-state index contributed by atoms with van der Waals surface area (Å²) in [4.78, 5) is 24.6. The fraction of sp³-hybridized carbons (Fsp3) is 0.258. The lowest BCUT2D eigenvalue weighted by atomic mass is 9.78. The quantitative estimate of drug-likeness (QED) is 0.267. The molecule has 194 valence electrons. The van der Waals surface area contributed by atoms with Gasteiger partial charge in [-0.15, -0.1) is 0 Å². The maximum atomic E-state index is 12.6. The smallest absolute Gasteiger partial charge is 0.412 e. The maximum Gasteiger partial charge on any atom is 0.412 e. The summed E-state index contributed by atoms with van der Waals surface area (Å²) in [6.45, 7) is 3.57. The number of carbonyl (C=O) groups is 2. The lowest BCUT2D eigenvalue weighted by molar-refractivity contribution is -0.143. The van der Waals surface area contributed by atoms with Gasteiger partial charge in [0.05, 0.1) is 5.41 Å². The number of nitrogens with zero attached hydrogens (tertiary/aromatic N) is 1. The third-order valence-electron chi connectivity index (χ3n) is 7.43. The zero-order valence-electron chi connectivity index (χ0n) is 21.4. The van der Waals surface area contributed by atoms with Gasteiger partial charge in [0.25, 0.3) is 0 Å². The number of aryl methyl sites for hydroxylation is 1. The number of aromatic nitrogens is 1. The lowest BCUT2D eigenvalue weighted by Gasteiger charge is -2.24. The Kier molecular flexibility index (Phi) is 7.01. The Morgan fingerprint density at radius 2 is 1.50 bits per heavy atom. The van der Waals surface area contributed by atoms with E-state index in [-0.39, 0.29) is 0 Å². The first-order valence-electron chi connectivity index (χ1n) is 12.8. The van der Waals surface area contributed by atoms with Crippen LogP contribution in [0.25, 0.3) is 22.5 Å². The molecule has 0 radical (unpaired) electrons. The van der Waals surface area contributed by atoms with Crippen molar-refractivity contribution in [3.8, 4) is 22.5 Å². The first-order chi connectivity index (χ1) is 18.4. The van der Waals surface area contributed by atoms with Gasteiger partial charge in [-0.25, -0.2) is 4.79 Å². The average molecular weight is 511 g/mol. The largest absolute Gasteiger partial charge is 0.481 e. The first-order valence-corrected chi connectivity index (χ1v) is 12.8. The minimum Gasteiger partial charge on any atom is -0.481 e. The fourth-order valence-corrected chi connectivity index (χ4v) is 5.20. The van der Waals surface area contributed by atoms with E-state index in [2.05, 4.69) is 10.5 Å². The summed E-state index contributed by atoms with van der Waals surface area (Å²) >= 11 is 0. The molecule has 0 saturated heterocycles. The molecule has 0 aliphatic heterocycles. The van der Waals surface area contributed by atoms with E-state index < -0.39 is 23.6 Å². The van der Waals surface area contributed by atoms with E-state index in [0.29, 0.717) is 30.0 Å². The SMILES string of the molecule is Cc1noc(-c2ccc(-c3ccc(C4(C(=O)O)CCCC4)cc3)cc2)c1NC(=O)OC(C)c1ccccc1. The highest BCUT2D eigenvalue weighted by Gasteiger charge is 2.42. The van der Waals surface area contributed by atoms with Crippen LogP contribution < -0.4 is 5.32 Å². The summed E-state index contributed by atoms with van der Waals surface area (Å²) in [6, 6.07) is 25.1. The number of anilines is 1. The summed E-state index contributed by atoms with van der Waals surface area (Å²) in [5, 5.41) is 16.7. The third-order valence-corrected chi connectivity index (χ3v) is 7.43. The number of carboxylic acids is 1. The molecule has 1 saturated carbocycles. The van der Waals surface area contributed by atoms with Gasteiger partial charge >= 0.3 is 12.1 Å². The normalized spacial score (nSPS) is 15.1. The van der Waals surface area contributed by atoms with Gasteiger partial charge in [-0.1, -0.05) is 96.9 Å². The minimum absolute atomic E-state index is 0.412. The van der Waals surface area contributed by atoms with E-state index in [9.17, 15) is 14.7 Å². The standard InChI is InChI=1S/C31H30N2O5/c1-20-27(32-30(36)37-21(2)22-8-4-3-5-9-22)28(38-33-20)25-12-10-23(11-13-25)24-14-16-26(17-15-24)31(29(34)35)18-6-7-19-31/h3-5,8-17,21H,6-7,18-19H2,1-2H3,(H,32,36)(H,34,35). The van der Waals surface area contributed by atoms with Crippen LogP contribution in [0.2, 0.25) is 0 Å². The predicted molar refractivity (Wildman–Crippen MR) is 145 cm³/mol.